The van der Waals surface area contributed by atoms with Crippen molar-refractivity contribution in [3.8, 4) is 5.75 Å². The fourth-order valence-corrected chi connectivity index (χ4v) is 2.24. The molecule has 0 aliphatic rings. The molecular weight excluding hydrogens is 252 g/mol. The van der Waals surface area contributed by atoms with Crippen molar-refractivity contribution < 1.29 is 9.90 Å². The monoisotopic (exact) mass is 272 g/mol. The number of rotatable bonds is 4. The highest BCUT2D eigenvalue weighted by molar-refractivity contribution is 6.05. The Morgan fingerprint density at radius 2 is 1.85 bits per heavy atom. The van der Waals surface area contributed by atoms with Crippen LogP contribution >= 0.6 is 0 Å². The van der Waals surface area contributed by atoms with E-state index in [1.807, 2.05) is 32.0 Å². The van der Waals surface area contributed by atoms with Gasteiger partial charge in [0.05, 0.1) is 6.04 Å². The van der Waals surface area contributed by atoms with E-state index in [9.17, 15) is 9.90 Å². The molecule has 1 atom stereocenters. The van der Waals surface area contributed by atoms with Gasteiger partial charge in [0.15, 0.2) is 0 Å². The first kappa shape index (κ1) is 14.3. The van der Waals surface area contributed by atoms with Crippen LogP contribution in [-0.4, -0.2) is 17.1 Å². The van der Waals surface area contributed by atoms with Crippen LogP contribution in [-0.2, 0) is 4.79 Å². The number of carbonyl (C=O) groups is 1. The molecule has 2 aromatic carbocycles. The number of nitrogens with two attached hydrogens (primary N) is 1. The zero-order valence-corrected chi connectivity index (χ0v) is 11.8. The molecule has 20 heavy (non-hydrogen) atoms. The summed E-state index contributed by atoms with van der Waals surface area (Å²) in [6.45, 7) is 4.06. The van der Waals surface area contributed by atoms with Gasteiger partial charge in [0.1, 0.15) is 5.75 Å². The minimum absolute atomic E-state index is 0.199. The highest BCUT2D eigenvalue weighted by Crippen LogP contribution is 2.29. The van der Waals surface area contributed by atoms with Crippen LogP contribution in [0.15, 0.2) is 36.4 Å². The topological polar surface area (TPSA) is 75.4 Å². The second kappa shape index (κ2) is 5.92. The summed E-state index contributed by atoms with van der Waals surface area (Å²) in [5, 5.41) is 14.2. The van der Waals surface area contributed by atoms with E-state index >= 15 is 0 Å². The molecular formula is C16H20N2O2. The molecule has 4 heteroatoms. The predicted octanol–water partition coefficient (Wildman–Crippen LogP) is 2.86. The van der Waals surface area contributed by atoms with Crippen LogP contribution in [0.3, 0.4) is 0 Å². The Labute approximate surface area is 118 Å². The van der Waals surface area contributed by atoms with Gasteiger partial charge in [-0.15, -0.1) is 0 Å². The van der Waals surface area contributed by atoms with Crippen LogP contribution < -0.4 is 11.1 Å². The van der Waals surface area contributed by atoms with Gasteiger partial charge in [0, 0.05) is 16.5 Å². The van der Waals surface area contributed by atoms with Crippen molar-refractivity contribution >= 4 is 22.4 Å². The summed E-state index contributed by atoms with van der Waals surface area (Å²) in [6.07, 6.45) is 0.641. The van der Waals surface area contributed by atoms with E-state index < -0.39 is 6.04 Å². The summed E-state index contributed by atoms with van der Waals surface area (Å²) in [7, 11) is 0. The van der Waals surface area contributed by atoms with E-state index in [2.05, 4.69) is 5.32 Å². The molecule has 0 aliphatic carbocycles. The van der Waals surface area contributed by atoms with Gasteiger partial charge < -0.3 is 16.2 Å². The number of phenolic OH excluding ortho intramolecular Hbond substituents is 1. The number of anilines is 1. The summed E-state index contributed by atoms with van der Waals surface area (Å²) in [6, 6.07) is 10.1. The molecule has 0 saturated carbocycles. The van der Waals surface area contributed by atoms with Gasteiger partial charge in [-0.2, -0.15) is 0 Å². The van der Waals surface area contributed by atoms with Crippen LogP contribution in [0.25, 0.3) is 10.8 Å². The lowest BCUT2D eigenvalue weighted by molar-refractivity contribution is -0.117. The Kier molecular flexibility index (Phi) is 4.25. The number of aromatic hydroxyl groups is 1. The molecule has 0 saturated heterocycles. The summed E-state index contributed by atoms with van der Waals surface area (Å²) in [5.41, 5.74) is 6.55. The summed E-state index contributed by atoms with van der Waals surface area (Å²) >= 11 is 0. The van der Waals surface area contributed by atoms with Crippen molar-refractivity contribution in [1.29, 1.82) is 0 Å². The molecule has 106 valence electrons. The first-order valence-electron chi connectivity index (χ1n) is 6.76. The van der Waals surface area contributed by atoms with Crippen molar-refractivity contribution in [2.75, 3.05) is 5.32 Å². The number of hydrogen-bond donors (Lipinski definition) is 3. The van der Waals surface area contributed by atoms with Gasteiger partial charge in [-0.05, 0) is 24.5 Å². The molecule has 1 amide bonds. The SMILES string of the molecule is CC(C)C[C@@H](N)C(=O)Nc1cccc2c(O)cccc12. The van der Waals surface area contributed by atoms with Crippen molar-refractivity contribution in [1.82, 2.24) is 0 Å². The zero-order chi connectivity index (χ0) is 14.7. The first-order valence-corrected chi connectivity index (χ1v) is 6.76. The molecule has 0 radical (unpaired) electrons. The van der Waals surface area contributed by atoms with Crippen LogP contribution in [0.5, 0.6) is 5.75 Å². The number of nitrogens with one attached hydrogen (secondary N) is 1. The Hall–Kier alpha value is -2.07. The second-order valence-electron chi connectivity index (χ2n) is 5.40. The van der Waals surface area contributed by atoms with Gasteiger partial charge in [0.2, 0.25) is 5.91 Å². The number of fused-ring (bicyclic) bond motifs is 1. The van der Waals surface area contributed by atoms with Crippen molar-refractivity contribution in [3.63, 3.8) is 0 Å². The largest absolute Gasteiger partial charge is 0.507 e. The maximum atomic E-state index is 12.1. The van der Waals surface area contributed by atoms with E-state index in [4.69, 9.17) is 5.73 Å². The lowest BCUT2D eigenvalue weighted by Crippen LogP contribution is -2.36. The Bertz CT molecular complexity index is 623. The quantitative estimate of drug-likeness (QED) is 0.801. The molecule has 0 aliphatic heterocycles. The van der Waals surface area contributed by atoms with E-state index in [0.29, 0.717) is 23.4 Å². The third-order valence-electron chi connectivity index (χ3n) is 3.22. The number of benzene rings is 2. The maximum absolute atomic E-state index is 12.1. The van der Waals surface area contributed by atoms with E-state index in [0.717, 1.165) is 5.39 Å². The molecule has 0 heterocycles. The summed E-state index contributed by atoms with van der Waals surface area (Å²) < 4.78 is 0. The average molecular weight is 272 g/mol. The standard InChI is InChI=1S/C16H20N2O2/c1-10(2)9-13(17)16(20)18-14-7-3-6-12-11(14)5-4-8-15(12)19/h3-8,10,13,19H,9,17H2,1-2H3,(H,18,20)/t13-/m1/s1. The van der Waals surface area contributed by atoms with Crippen molar-refractivity contribution in [2.45, 2.75) is 26.3 Å². The van der Waals surface area contributed by atoms with Gasteiger partial charge in [0.25, 0.3) is 0 Å². The second-order valence-corrected chi connectivity index (χ2v) is 5.40. The maximum Gasteiger partial charge on any atom is 0.241 e. The molecule has 0 aromatic heterocycles. The highest BCUT2D eigenvalue weighted by atomic mass is 16.3. The lowest BCUT2D eigenvalue weighted by Gasteiger charge is -2.15. The summed E-state index contributed by atoms with van der Waals surface area (Å²) in [5.74, 6) is 0.368. The van der Waals surface area contributed by atoms with Crippen LogP contribution in [0, 0.1) is 5.92 Å². The van der Waals surface area contributed by atoms with E-state index in [1.165, 1.54) is 0 Å². The zero-order valence-electron chi connectivity index (χ0n) is 11.8. The number of phenols is 1. The van der Waals surface area contributed by atoms with E-state index in [1.54, 1.807) is 18.2 Å². The molecule has 0 bridgehead atoms. The normalized spacial score (nSPS) is 12.6. The van der Waals surface area contributed by atoms with Gasteiger partial charge in [-0.1, -0.05) is 38.1 Å². The summed E-state index contributed by atoms with van der Waals surface area (Å²) in [4.78, 5) is 12.1. The Morgan fingerprint density at radius 3 is 2.55 bits per heavy atom. The highest BCUT2D eigenvalue weighted by Gasteiger charge is 2.16. The lowest BCUT2D eigenvalue weighted by atomic mass is 10.0. The molecule has 4 nitrogen and oxygen atoms in total. The van der Waals surface area contributed by atoms with Crippen molar-refractivity contribution in [3.05, 3.63) is 36.4 Å². The average Bonchev–Trinajstić information content (AvgIpc) is 2.39. The Morgan fingerprint density at radius 1 is 1.20 bits per heavy atom. The fourth-order valence-electron chi connectivity index (χ4n) is 2.24. The van der Waals surface area contributed by atoms with Crippen LogP contribution in [0.2, 0.25) is 0 Å². The number of amides is 1. The number of carbonyl (C=O) groups excluding carboxylic acids is 1. The minimum atomic E-state index is -0.525. The molecule has 2 rings (SSSR count). The van der Waals surface area contributed by atoms with Crippen LogP contribution in [0.1, 0.15) is 20.3 Å². The molecule has 4 N–H and O–H groups in total. The fraction of sp³-hybridized carbons (Fsp3) is 0.312. The smallest absolute Gasteiger partial charge is 0.241 e. The third kappa shape index (κ3) is 3.08. The first-order chi connectivity index (χ1) is 9.49. The van der Waals surface area contributed by atoms with Crippen molar-refractivity contribution in [2.24, 2.45) is 11.7 Å². The minimum Gasteiger partial charge on any atom is -0.507 e. The van der Waals surface area contributed by atoms with Gasteiger partial charge >= 0.3 is 0 Å². The molecule has 0 fully saturated rings. The van der Waals surface area contributed by atoms with Gasteiger partial charge in [-0.25, -0.2) is 0 Å². The van der Waals surface area contributed by atoms with Gasteiger partial charge in [-0.3, -0.25) is 4.79 Å². The third-order valence-corrected chi connectivity index (χ3v) is 3.22. The predicted molar refractivity (Wildman–Crippen MR) is 81.7 cm³/mol. The molecule has 0 spiro atoms. The Balaban J connectivity index is 2.26. The molecule has 0 unspecified atom stereocenters. The van der Waals surface area contributed by atoms with E-state index in [-0.39, 0.29) is 11.7 Å². The number of hydrogen-bond acceptors (Lipinski definition) is 3. The van der Waals surface area contributed by atoms with Crippen LogP contribution in [0.4, 0.5) is 5.69 Å². The molecule has 2 aromatic rings.